The first-order chi connectivity index (χ1) is 6.07. The van der Waals surface area contributed by atoms with Crippen molar-refractivity contribution < 1.29 is 14.3 Å². The molecular weight excluding hydrogens is 170 g/mol. The number of ether oxygens (including phenoxy) is 2. The van der Waals surface area contributed by atoms with Crippen LogP contribution < -0.4 is 5.32 Å². The SMILES string of the molecule is COC(=O)C(C)NCCOC(C)C. The largest absolute Gasteiger partial charge is 0.468 e. The van der Waals surface area contributed by atoms with Gasteiger partial charge in [0.05, 0.1) is 19.8 Å². The first-order valence-electron chi connectivity index (χ1n) is 4.50. The van der Waals surface area contributed by atoms with E-state index >= 15 is 0 Å². The number of carbonyl (C=O) groups excluding carboxylic acids is 1. The average molecular weight is 189 g/mol. The lowest BCUT2D eigenvalue weighted by molar-refractivity contribution is -0.142. The van der Waals surface area contributed by atoms with Crippen LogP contribution in [0, 0.1) is 0 Å². The van der Waals surface area contributed by atoms with Crippen LogP contribution in [-0.4, -0.2) is 38.4 Å². The Morgan fingerprint density at radius 3 is 2.46 bits per heavy atom. The molecule has 0 amide bonds. The molecule has 0 aromatic rings. The summed E-state index contributed by atoms with van der Waals surface area (Å²) >= 11 is 0. The molecule has 13 heavy (non-hydrogen) atoms. The van der Waals surface area contributed by atoms with E-state index < -0.39 is 0 Å². The van der Waals surface area contributed by atoms with E-state index in [1.165, 1.54) is 7.11 Å². The minimum Gasteiger partial charge on any atom is -0.468 e. The molecule has 1 atom stereocenters. The van der Waals surface area contributed by atoms with Crippen LogP contribution in [0.2, 0.25) is 0 Å². The number of rotatable bonds is 6. The van der Waals surface area contributed by atoms with Crippen LogP contribution in [0.25, 0.3) is 0 Å². The van der Waals surface area contributed by atoms with Crippen molar-refractivity contribution in [2.75, 3.05) is 20.3 Å². The van der Waals surface area contributed by atoms with E-state index in [1.54, 1.807) is 6.92 Å². The molecule has 0 aromatic carbocycles. The Morgan fingerprint density at radius 1 is 1.38 bits per heavy atom. The molecule has 0 aliphatic rings. The minimum atomic E-state index is -0.263. The van der Waals surface area contributed by atoms with Gasteiger partial charge in [-0.3, -0.25) is 4.79 Å². The summed E-state index contributed by atoms with van der Waals surface area (Å²) in [4.78, 5) is 10.9. The molecular formula is C9H19NO3. The molecule has 0 heterocycles. The Kier molecular flexibility index (Phi) is 6.54. The van der Waals surface area contributed by atoms with Crippen LogP contribution >= 0.6 is 0 Å². The van der Waals surface area contributed by atoms with Crippen LogP contribution in [0.3, 0.4) is 0 Å². The highest BCUT2D eigenvalue weighted by Crippen LogP contribution is 1.88. The second kappa shape index (κ2) is 6.86. The molecule has 0 radical (unpaired) electrons. The van der Waals surface area contributed by atoms with Gasteiger partial charge in [0.1, 0.15) is 6.04 Å². The lowest BCUT2D eigenvalue weighted by Gasteiger charge is -2.12. The van der Waals surface area contributed by atoms with E-state index in [2.05, 4.69) is 10.1 Å². The molecule has 0 rings (SSSR count). The number of hydrogen-bond donors (Lipinski definition) is 1. The van der Waals surface area contributed by atoms with Crippen molar-refractivity contribution in [1.82, 2.24) is 5.32 Å². The average Bonchev–Trinajstić information content (AvgIpc) is 2.10. The second-order valence-corrected chi connectivity index (χ2v) is 3.12. The number of carbonyl (C=O) groups is 1. The molecule has 4 heteroatoms. The molecule has 78 valence electrons. The van der Waals surface area contributed by atoms with Crippen LogP contribution in [-0.2, 0) is 14.3 Å². The quantitative estimate of drug-likeness (QED) is 0.490. The predicted molar refractivity (Wildman–Crippen MR) is 50.6 cm³/mol. The maximum atomic E-state index is 10.9. The lowest BCUT2D eigenvalue weighted by atomic mass is 10.3. The smallest absolute Gasteiger partial charge is 0.322 e. The fourth-order valence-electron chi connectivity index (χ4n) is 0.830. The highest BCUT2D eigenvalue weighted by molar-refractivity contribution is 5.74. The highest BCUT2D eigenvalue weighted by atomic mass is 16.5. The Hall–Kier alpha value is -0.610. The lowest BCUT2D eigenvalue weighted by Crippen LogP contribution is -2.37. The van der Waals surface area contributed by atoms with Gasteiger partial charge in [-0.05, 0) is 20.8 Å². The summed E-state index contributed by atoms with van der Waals surface area (Å²) in [6.45, 7) is 6.99. The molecule has 4 nitrogen and oxygen atoms in total. The summed E-state index contributed by atoms with van der Waals surface area (Å²) in [7, 11) is 1.38. The van der Waals surface area contributed by atoms with Crippen molar-refractivity contribution >= 4 is 5.97 Å². The van der Waals surface area contributed by atoms with Gasteiger partial charge in [0.15, 0.2) is 0 Å². The molecule has 1 N–H and O–H groups in total. The van der Waals surface area contributed by atoms with Gasteiger partial charge < -0.3 is 14.8 Å². The topological polar surface area (TPSA) is 47.6 Å². The van der Waals surface area contributed by atoms with E-state index in [0.717, 1.165) is 0 Å². The number of nitrogens with one attached hydrogen (secondary N) is 1. The summed E-state index contributed by atoms with van der Waals surface area (Å²) in [5, 5.41) is 2.99. The molecule has 0 spiro atoms. The van der Waals surface area contributed by atoms with Crippen molar-refractivity contribution in [1.29, 1.82) is 0 Å². The molecule has 0 aliphatic heterocycles. The summed E-state index contributed by atoms with van der Waals surface area (Å²) in [5.41, 5.74) is 0. The van der Waals surface area contributed by atoms with Crippen molar-refractivity contribution in [2.45, 2.75) is 32.9 Å². The van der Waals surface area contributed by atoms with Gasteiger partial charge >= 0.3 is 5.97 Å². The Bertz CT molecular complexity index is 148. The number of esters is 1. The fourth-order valence-corrected chi connectivity index (χ4v) is 0.830. The Labute approximate surface area is 79.6 Å². The van der Waals surface area contributed by atoms with Gasteiger partial charge in [-0.15, -0.1) is 0 Å². The molecule has 0 aromatic heterocycles. The molecule has 0 saturated carbocycles. The summed E-state index contributed by atoms with van der Waals surface area (Å²) in [6, 6.07) is -0.263. The fraction of sp³-hybridized carbons (Fsp3) is 0.889. The molecule has 0 fully saturated rings. The van der Waals surface area contributed by atoms with Crippen molar-refractivity contribution in [3.05, 3.63) is 0 Å². The summed E-state index contributed by atoms with van der Waals surface area (Å²) < 4.78 is 9.84. The predicted octanol–water partition coefficient (Wildman–Crippen LogP) is 0.562. The zero-order chi connectivity index (χ0) is 10.3. The second-order valence-electron chi connectivity index (χ2n) is 3.12. The van der Waals surface area contributed by atoms with Crippen LogP contribution in [0.4, 0.5) is 0 Å². The van der Waals surface area contributed by atoms with Gasteiger partial charge in [0.2, 0.25) is 0 Å². The van der Waals surface area contributed by atoms with Gasteiger partial charge in [-0.2, -0.15) is 0 Å². The maximum absolute atomic E-state index is 10.9. The monoisotopic (exact) mass is 189 g/mol. The van der Waals surface area contributed by atoms with Crippen LogP contribution in [0.5, 0.6) is 0 Å². The minimum absolute atomic E-state index is 0.232. The first-order valence-corrected chi connectivity index (χ1v) is 4.50. The third kappa shape index (κ3) is 6.54. The molecule has 0 saturated heterocycles. The number of methoxy groups -OCH3 is 1. The number of hydrogen-bond acceptors (Lipinski definition) is 4. The van der Waals surface area contributed by atoms with E-state index in [1.807, 2.05) is 13.8 Å². The summed E-state index contributed by atoms with van der Waals surface area (Å²) in [6.07, 6.45) is 0.232. The molecule has 1 unspecified atom stereocenters. The third-order valence-electron chi connectivity index (χ3n) is 1.56. The Balaban J connectivity index is 3.37. The Morgan fingerprint density at radius 2 is 2.00 bits per heavy atom. The summed E-state index contributed by atoms with van der Waals surface area (Å²) in [5.74, 6) is -0.246. The van der Waals surface area contributed by atoms with Gasteiger partial charge in [-0.25, -0.2) is 0 Å². The zero-order valence-electron chi connectivity index (χ0n) is 8.79. The highest BCUT2D eigenvalue weighted by Gasteiger charge is 2.10. The van der Waals surface area contributed by atoms with Crippen molar-refractivity contribution in [3.8, 4) is 0 Å². The zero-order valence-corrected chi connectivity index (χ0v) is 8.79. The van der Waals surface area contributed by atoms with Gasteiger partial charge in [0, 0.05) is 6.54 Å². The van der Waals surface area contributed by atoms with E-state index in [4.69, 9.17) is 4.74 Å². The first kappa shape index (κ1) is 12.4. The normalized spacial score (nSPS) is 13.0. The van der Waals surface area contributed by atoms with E-state index in [0.29, 0.717) is 13.2 Å². The van der Waals surface area contributed by atoms with E-state index in [9.17, 15) is 4.79 Å². The molecule has 0 bridgehead atoms. The standard InChI is InChI=1S/C9H19NO3/c1-7(2)13-6-5-10-8(3)9(11)12-4/h7-8,10H,5-6H2,1-4H3. The van der Waals surface area contributed by atoms with E-state index in [-0.39, 0.29) is 18.1 Å². The van der Waals surface area contributed by atoms with Crippen LogP contribution in [0.1, 0.15) is 20.8 Å². The van der Waals surface area contributed by atoms with Crippen molar-refractivity contribution in [3.63, 3.8) is 0 Å². The van der Waals surface area contributed by atoms with Gasteiger partial charge in [0.25, 0.3) is 0 Å². The maximum Gasteiger partial charge on any atom is 0.322 e. The van der Waals surface area contributed by atoms with Crippen LogP contribution in [0.15, 0.2) is 0 Å². The van der Waals surface area contributed by atoms with Crippen molar-refractivity contribution in [2.24, 2.45) is 0 Å². The van der Waals surface area contributed by atoms with Gasteiger partial charge in [-0.1, -0.05) is 0 Å². The molecule has 0 aliphatic carbocycles. The third-order valence-corrected chi connectivity index (χ3v) is 1.56.